The second kappa shape index (κ2) is 7.82. The molecule has 0 heterocycles. The van der Waals surface area contributed by atoms with E-state index >= 15 is 0 Å². The van der Waals surface area contributed by atoms with Gasteiger partial charge in [-0.1, -0.05) is 6.92 Å². The highest BCUT2D eigenvalue weighted by Crippen LogP contribution is 2.40. The van der Waals surface area contributed by atoms with Gasteiger partial charge in [0.1, 0.15) is 5.54 Å². The van der Waals surface area contributed by atoms with Gasteiger partial charge in [0.25, 0.3) is 0 Å². The molecule has 0 aromatic carbocycles. The molecule has 1 rings (SSSR count). The number of carbonyl (C=O) groups is 1. The summed E-state index contributed by atoms with van der Waals surface area (Å²) in [7, 11) is 1.96. The van der Waals surface area contributed by atoms with E-state index in [1.807, 2.05) is 14.0 Å². The number of ether oxygens (including phenoxy) is 1. The Balaban J connectivity index is 2.59. The molecule has 0 radical (unpaired) electrons. The van der Waals surface area contributed by atoms with Gasteiger partial charge in [-0.05, 0) is 45.7 Å². The molecule has 1 aliphatic rings. The Morgan fingerprint density at radius 1 is 1.47 bits per heavy atom. The second-order valence-corrected chi connectivity index (χ2v) is 5.41. The van der Waals surface area contributed by atoms with Gasteiger partial charge in [-0.3, -0.25) is 4.79 Å². The normalized spacial score (nSPS) is 18.5. The summed E-state index contributed by atoms with van der Waals surface area (Å²) in [4.78, 5) is 13.8. The Morgan fingerprint density at radius 2 is 2.16 bits per heavy atom. The third-order valence-electron chi connectivity index (χ3n) is 3.69. The van der Waals surface area contributed by atoms with Crippen LogP contribution < -0.4 is 5.32 Å². The molecule has 1 unspecified atom stereocenters. The van der Waals surface area contributed by atoms with Gasteiger partial charge in [0.2, 0.25) is 0 Å². The summed E-state index contributed by atoms with van der Waals surface area (Å²) in [6, 6.07) is 0. The van der Waals surface area contributed by atoms with Crippen LogP contribution in [0.2, 0.25) is 0 Å². The van der Waals surface area contributed by atoms with E-state index in [0.717, 1.165) is 32.4 Å². The molecule has 0 amide bonds. The number of nitrogens with one attached hydrogen (secondary N) is 1. The van der Waals surface area contributed by atoms with Gasteiger partial charge in [-0.25, -0.2) is 0 Å². The summed E-state index contributed by atoms with van der Waals surface area (Å²) in [6.45, 7) is 7.45. The minimum Gasteiger partial charge on any atom is -0.480 e. The first-order chi connectivity index (χ1) is 9.06. The van der Waals surface area contributed by atoms with Crippen molar-refractivity contribution in [3.05, 3.63) is 0 Å². The monoisotopic (exact) mass is 272 g/mol. The molecule has 1 saturated carbocycles. The fraction of sp³-hybridized carbons (Fsp3) is 0.929. The van der Waals surface area contributed by atoms with Crippen LogP contribution in [0.1, 0.15) is 33.1 Å². The van der Waals surface area contributed by atoms with Gasteiger partial charge in [0.05, 0.1) is 6.61 Å². The zero-order chi connectivity index (χ0) is 14.3. The summed E-state index contributed by atoms with van der Waals surface area (Å²) in [5.41, 5.74) is -0.781. The summed E-state index contributed by atoms with van der Waals surface area (Å²) in [5.74, 6) is -0.446. The highest BCUT2D eigenvalue weighted by molar-refractivity contribution is 5.80. The third kappa shape index (κ3) is 4.75. The van der Waals surface area contributed by atoms with Crippen LogP contribution in [0.3, 0.4) is 0 Å². The minimum absolute atomic E-state index is 0.270. The average Bonchev–Trinajstić information content (AvgIpc) is 3.19. The lowest BCUT2D eigenvalue weighted by Crippen LogP contribution is -2.60. The van der Waals surface area contributed by atoms with Crippen molar-refractivity contribution in [2.24, 2.45) is 5.92 Å². The number of carboxylic acids is 1. The highest BCUT2D eigenvalue weighted by atomic mass is 16.5. The fourth-order valence-electron chi connectivity index (χ4n) is 2.44. The van der Waals surface area contributed by atoms with E-state index in [1.165, 1.54) is 0 Å². The first kappa shape index (κ1) is 16.4. The van der Waals surface area contributed by atoms with Gasteiger partial charge in [-0.2, -0.15) is 0 Å². The maximum Gasteiger partial charge on any atom is 0.325 e. The largest absolute Gasteiger partial charge is 0.480 e. The fourth-order valence-corrected chi connectivity index (χ4v) is 2.44. The van der Waals surface area contributed by atoms with Crippen LogP contribution in [0.4, 0.5) is 0 Å². The Morgan fingerprint density at radius 3 is 2.63 bits per heavy atom. The van der Waals surface area contributed by atoms with E-state index in [0.29, 0.717) is 19.8 Å². The second-order valence-electron chi connectivity index (χ2n) is 5.41. The Labute approximate surface area is 116 Å². The zero-order valence-electron chi connectivity index (χ0n) is 12.4. The molecule has 0 bridgehead atoms. The van der Waals surface area contributed by atoms with E-state index in [9.17, 15) is 9.90 Å². The number of aliphatic carboxylic acids is 1. The topological polar surface area (TPSA) is 61.8 Å². The SMILES string of the molecule is CCCNC(CN(C)CCOCC)(C(=O)O)C1CC1. The first-order valence-corrected chi connectivity index (χ1v) is 7.31. The van der Waals surface area contributed by atoms with E-state index in [-0.39, 0.29) is 5.92 Å². The molecule has 19 heavy (non-hydrogen) atoms. The number of rotatable bonds is 11. The van der Waals surface area contributed by atoms with Crippen LogP contribution in [0.25, 0.3) is 0 Å². The molecule has 112 valence electrons. The molecule has 0 aromatic rings. The van der Waals surface area contributed by atoms with Crippen LogP contribution in [-0.4, -0.2) is 61.4 Å². The van der Waals surface area contributed by atoms with Crippen molar-refractivity contribution in [3.63, 3.8) is 0 Å². The lowest BCUT2D eigenvalue weighted by molar-refractivity contribution is -0.147. The third-order valence-corrected chi connectivity index (χ3v) is 3.69. The zero-order valence-corrected chi connectivity index (χ0v) is 12.4. The lowest BCUT2D eigenvalue weighted by atomic mass is 9.92. The van der Waals surface area contributed by atoms with Crippen molar-refractivity contribution in [2.75, 3.05) is 39.9 Å². The molecular formula is C14H28N2O3. The van der Waals surface area contributed by atoms with Crippen LogP contribution in [0.5, 0.6) is 0 Å². The Hall–Kier alpha value is -0.650. The van der Waals surface area contributed by atoms with Crippen molar-refractivity contribution in [1.29, 1.82) is 0 Å². The lowest BCUT2D eigenvalue weighted by Gasteiger charge is -2.34. The van der Waals surface area contributed by atoms with Gasteiger partial charge < -0.3 is 20.1 Å². The van der Waals surface area contributed by atoms with Crippen LogP contribution in [-0.2, 0) is 9.53 Å². The van der Waals surface area contributed by atoms with Crippen molar-refractivity contribution >= 4 is 5.97 Å². The molecule has 0 spiro atoms. The predicted octanol–water partition coefficient (Wildman–Crippen LogP) is 1.19. The summed E-state index contributed by atoms with van der Waals surface area (Å²) < 4.78 is 5.33. The molecule has 5 heteroatoms. The predicted molar refractivity (Wildman–Crippen MR) is 75.4 cm³/mol. The molecule has 0 saturated heterocycles. The molecule has 2 N–H and O–H groups in total. The smallest absolute Gasteiger partial charge is 0.325 e. The van der Waals surface area contributed by atoms with Gasteiger partial charge >= 0.3 is 5.97 Å². The maximum absolute atomic E-state index is 11.8. The number of nitrogens with zero attached hydrogens (tertiary/aromatic N) is 1. The number of hydrogen-bond acceptors (Lipinski definition) is 4. The van der Waals surface area contributed by atoms with Crippen LogP contribution in [0, 0.1) is 5.92 Å². The quantitative estimate of drug-likeness (QED) is 0.553. The van der Waals surface area contributed by atoms with E-state index < -0.39 is 11.5 Å². The van der Waals surface area contributed by atoms with E-state index in [1.54, 1.807) is 0 Å². The van der Waals surface area contributed by atoms with Crippen molar-refractivity contribution in [2.45, 2.75) is 38.6 Å². The standard InChI is InChI=1S/C14H28N2O3/c1-4-8-15-14(13(17)18,12-6-7-12)11-16(3)9-10-19-5-2/h12,15H,4-11H2,1-3H3,(H,17,18). The summed E-state index contributed by atoms with van der Waals surface area (Å²) in [5, 5.41) is 12.9. The maximum atomic E-state index is 11.8. The van der Waals surface area contributed by atoms with Crippen molar-refractivity contribution in [1.82, 2.24) is 10.2 Å². The summed E-state index contributed by atoms with van der Waals surface area (Å²) >= 11 is 0. The molecule has 1 aliphatic carbocycles. The molecule has 0 aromatic heterocycles. The first-order valence-electron chi connectivity index (χ1n) is 7.31. The Kier molecular flexibility index (Phi) is 6.75. The number of likely N-dealkylation sites (N-methyl/N-ethyl adjacent to an activating group) is 1. The summed E-state index contributed by atoms with van der Waals surface area (Å²) in [6.07, 6.45) is 2.98. The van der Waals surface area contributed by atoms with Crippen molar-refractivity contribution in [3.8, 4) is 0 Å². The minimum atomic E-state index is -0.781. The van der Waals surface area contributed by atoms with E-state index in [2.05, 4.69) is 17.1 Å². The van der Waals surface area contributed by atoms with Crippen LogP contribution >= 0.6 is 0 Å². The number of carboxylic acid groups (broad SMARTS) is 1. The van der Waals surface area contributed by atoms with Crippen LogP contribution in [0.15, 0.2) is 0 Å². The van der Waals surface area contributed by atoms with Gasteiger partial charge in [0, 0.05) is 19.7 Å². The molecule has 1 fully saturated rings. The van der Waals surface area contributed by atoms with E-state index in [4.69, 9.17) is 4.74 Å². The number of hydrogen-bond donors (Lipinski definition) is 2. The average molecular weight is 272 g/mol. The molecular weight excluding hydrogens is 244 g/mol. The molecule has 5 nitrogen and oxygen atoms in total. The van der Waals surface area contributed by atoms with Gasteiger partial charge in [-0.15, -0.1) is 0 Å². The van der Waals surface area contributed by atoms with Crippen molar-refractivity contribution < 1.29 is 14.6 Å². The molecule has 1 atom stereocenters. The van der Waals surface area contributed by atoms with Gasteiger partial charge in [0.15, 0.2) is 0 Å². The Bertz CT molecular complexity index is 282. The molecule has 0 aliphatic heterocycles. The highest BCUT2D eigenvalue weighted by Gasteiger charge is 2.51.